The Morgan fingerprint density at radius 2 is 1.90 bits per heavy atom. The maximum Gasteiger partial charge on any atom is 0.246 e. The zero-order chi connectivity index (χ0) is 21.3. The van der Waals surface area contributed by atoms with Crippen LogP contribution in [0.5, 0.6) is 0 Å². The van der Waals surface area contributed by atoms with Crippen LogP contribution in [0.4, 0.5) is 0 Å². The highest BCUT2D eigenvalue weighted by Gasteiger charge is 2.32. The summed E-state index contributed by atoms with van der Waals surface area (Å²) >= 11 is 0. The first-order valence-corrected chi connectivity index (χ1v) is 12.2. The molecule has 2 aromatic rings. The van der Waals surface area contributed by atoms with Crippen molar-refractivity contribution in [2.24, 2.45) is 0 Å². The number of nitrogens with zero attached hydrogens (tertiary/aromatic N) is 3. The van der Waals surface area contributed by atoms with Crippen LogP contribution in [0.1, 0.15) is 60.7 Å². The minimum absolute atomic E-state index is 0.0341. The monoisotopic (exact) mass is 430 g/mol. The van der Waals surface area contributed by atoms with E-state index in [1.165, 1.54) is 11.1 Å². The van der Waals surface area contributed by atoms with Crippen molar-refractivity contribution in [3.63, 3.8) is 0 Å². The number of hydrogen-bond donors (Lipinski definition) is 1. The number of carbonyl (C=O) groups is 1. The van der Waals surface area contributed by atoms with Gasteiger partial charge in [-0.2, -0.15) is 9.40 Å². The zero-order valence-electron chi connectivity index (χ0n) is 17.7. The van der Waals surface area contributed by atoms with Gasteiger partial charge in [0.2, 0.25) is 15.9 Å². The molecule has 1 aromatic heterocycles. The second-order valence-corrected chi connectivity index (χ2v) is 10.2. The van der Waals surface area contributed by atoms with Crippen LogP contribution in [-0.4, -0.2) is 41.5 Å². The van der Waals surface area contributed by atoms with Gasteiger partial charge in [0.15, 0.2) is 0 Å². The molecule has 4 rings (SSSR count). The van der Waals surface area contributed by atoms with Gasteiger partial charge in [0.25, 0.3) is 0 Å². The summed E-state index contributed by atoms with van der Waals surface area (Å²) in [5.41, 5.74) is 3.63. The van der Waals surface area contributed by atoms with Crippen molar-refractivity contribution < 1.29 is 13.2 Å². The Morgan fingerprint density at radius 1 is 1.17 bits per heavy atom. The molecule has 8 heteroatoms. The molecule has 1 saturated heterocycles. The molecule has 1 fully saturated rings. The Labute approximate surface area is 178 Å². The standard InChI is InChI=1S/C22H30N4O3S/c1-16-22(30(28,29)25-13-5-6-14-25)17(2)26(24-16)15-12-21(27)23-20-11-7-9-18-8-3-4-10-19(18)20/h3-4,8,10,20H,5-7,9,11-15H2,1-2H3,(H,23,27). The normalized spacial score (nSPS) is 19.6. The molecule has 1 aliphatic heterocycles. The van der Waals surface area contributed by atoms with Gasteiger partial charge < -0.3 is 5.32 Å². The van der Waals surface area contributed by atoms with Crippen LogP contribution >= 0.6 is 0 Å². The number of nitrogens with one attached hydrogen (secondary N) is 1. The van der Waals surface area contributed by atoms with Gasteiger partial charge in [0.05, 0.1) is 24.0 Å². The van der Waals surface area contributed by atoms with Crippen LogP contribution in [0, 0.1) is 13.8 Å². The van der Waals surface area contributed by atoms with Gasteiger partial charge in [-0.1, -0.05) is 24.3 Å². The van der Waals surface area contributed by atoms with Crippen molar-refractivity contribution in [1.29, 1.82) is 0 Å². The molecule has 0 saturated carbocycles. The molecule has 30 heavy (non-hydrogen) atoms. The summed E-state index contributed by atoms with van der Waals surface area (Å²) in [6, 6.07) is 8.33. The maximum atomic E-state index is 13.0. The fourth-order valence-electron chi connectivity index (χ4n) is 4.71. The predicted octanol–water partition coefficient (Wildman–Crippen LogP) is 2.87. The van der Waals surface area contributed by atoms with Crippen LogP contribution in [0.25, 0.3) is 0 Å². The molecule has 2 aliphatic rings. The van der Waals surface area contributed by atoms with E-state index in [2.05, 4.69) is 22.5 Å². The second kappa shape index (κ2) is 8.51. The zero-order valence-corrected chi connectivity index (χ0v) is 18.5. The lowest BCUT2D eigenvalue weighted by Gasteiger charge is -2.26. The molecular formula is C22H30N4O3S. The van der Waals surface area contributed by atoms with Crippen molar-refractivity contribution >= 4 is 15.9 Å². The Morgan fingerprint density at radius 3 is 2.67 bits per heavy atom. The first-order chi connectivity index (χ1) is 14.4. The molecule has 7 nitrogen and oxygen atoms in total. The topological polar surface area (TPSA) is 84.3 Å². The SMILES string of the molecule is Cc1nn(CCC(=O)NC2CCCc3ccccc32)c(C)c1S(=O)(=O)N1CCCC1. The largest absolute Gasteiger partial charge is 0.349 e. The van der Waals surface area contributed by atoms with Crippen LogP contribution in [-0.2, 0) is 27.8 Å². The van der Waals surface area contributed by atoms with Crippen LogP contribution in [0.2, 0.25) is 0 Å². The van der Waals surface area contributed by atoms with Crippen molar-refractivity contribution in [1.82, 2.24) is 19.4 Å². The van der Waals surface area contributed by atoms with Gasteiger partial charge in [-0.15, -0.1) is 0 Å². The summed E-state index contributed by atoms with van der Waals surface area (Å²) in [6.45, 7) is 5.00. The molecule has 1 aromatic carbocycles. The van der Waals surface area contributed by atoms with Crippen molar-refractivity contribution in [2.45, 2.75) is 69.9 Å². The smallest absolute Gasteiger partial charge is 0.246 e. The van der Waals surface area contributed by atoms with E-state index in [0.717, 1.165) is 32.1 Å². The maximum absolute atomic E-state index is 13.0. The lowest BCUT2D eigenvalue weighted by molar-refractivity contribution is -0.122. The van der Waals surface area contributed by atoms with Gasteiger partial charge in [-0.3, -0.25) is 9.48 Å². The average Bonchev–Trinajstić information content (AvgIpc) is 3.36. The Balaban J connectivity index is 1.43. The Bertz CT molecular complexity index is 1040. The number of sulfonamides is 1. The first-order valence-electron chi connectivity index (χ1n) is 10.8. The number of hydrogen-bond acceptors (Lipinski definition) is 4. The predicted molar refractivity (Wildman–Crippen MR) is 115 cm³/mol. The van der Waals surface area contributed by atoms with E-state index in [1.54, 1.807) is 22.8 Å². The highest BCUT2D eigenvalue weighted by atomic mass is 32.2. The van der Waals surface area contributed by atoms with Gasteiger partial charge in [0.1, 0.15) is 4.90 Å². The number of fused-ring (bicyclic) bond motifs is 1. The molecule has 162 valence electrons. The first kappa shape index (κ1) is 21.1. The summed E-state index contributed by atoms with van der Waals surface area (Å²) < 4.78 is 29.2. The molecule has 1 aliphatic carbocycles. The molecule has 0 radical (unpaired) electrons. The third-order valence-electron chi connectivity index (χ3n) is 6.23. The molecular weight excluding hydrogens is 400 g/mol. The van der Waals surface area contributed by atoms with Gasteiger partial charge in [-0.25, -0.2) is 8.42 Å². The molecule has 1 atom stereocenters. The van der Waals surface area contributed by atoms with E-state index < -0.39 is 10.0 Å². The minimum atomic E-state index is -3.52. The fraction of sp³-hybridized carbons (Fsp3) is 0.545. The molecule has 1 N–H and O–H groups in total. The second-order valence-electron chi connectivity index (χ2n) is 8.30. The van der Waals surface area contributed by atoms with E-state index in [1.807, 2.05) is 12.1 Å². The third kappa shape index (κ3) is 4.03. The van der Waals surface area contributed by atoms with Crippen LogP contribution < -0.4 is 5.32 Å². The number of carbonyl (C=O) groups excluding carboxylic acids is 1. The summed E-state index contributed by atoms with van der Waals surface area (Å²) in [5.74, 6) is -0.0341. The van der Waals surface area contributed by atoms with Gasteiger partial charge in [-0.05, 0) is 57.1 Å². The average molecular weight is 431 g/mol. The van der Waals surface area contributed by atoms with Crippen LogP contribution in [0.3, 0.4) is 0 Å². The summed E-state index contributed by atoms with van der Waals surface area (Å²) in [7, 11) is -3.52. The molecule has 0 spiro atoms. The number of aromatic nitrogens is 2. The van der Waals surface area contributed by atoms with E-state index in [4.69, 9.17) is 0 Å². The minimum Gasteiger partial charge on any atom is -0.349 e. The number of benzene rings is 1. The van der Waals surface area contributed by atoms with Crippen molar-refractivity contribution in [3.8, 4) is 0 Å². The molecule has 1 amide bonds. The highest BCUT2D eigenvalue weighted by molar-refractivity contribution is 7.89. The van der Waals surface area contributed by atoms with Crippen molar-refractivity contribution in [2.75, 3.05) is 13.1 Å². The summed E-state index contributed by atoms with van der Waals surface area (Å²) in [4.78, 5) is 12.9. The fourth-order valence-corrected chi connectivity index (χ4v) is 6.60. The highest BCUT2D eigenvalue weighted by Crippen LogP contribution is 2.30. The number of amides is 1. The number of aryl methyl sites for hydroxylation is 3. The summed E-state index contributed by atoms with van der Waals surface area (Å²) in [6.07, 6.45) is 5.14. The van der Waals surface area contributed by atoms with Gasteiger partial charge >= 0.3 is 0 Å². The van der Waals surface area contributed by atoms with E-state index in [0.29, 0.717) is 35.9 Å². The van der Waals surface area contributed by atoms with Crippen molar-refractivity contribution in [3.05, 3.63) is 46.8 Å². The summed E-state index contributed by atoms with van der Waals surface area (Å²) in [5, 5.41) is 7.59. The Hall–Kier alpha value is -2.19. The van der Waals surface area contributed by atoms with E-state index in [9.17, 15) is 13.2 Å². The quantitative estimate of drug-likeness (QED) is 0.764. The molecule has 0 bridgehead atoms. The lowest BCUT2D eigenvalue weighted by Crippen LogP contribution is -2.31. The molecule has 2 heterocycles. The van der Waals surface area contributed by atoms with Crippen LogP contribution in [0.15, 0.2) is 29.2 Å². The lowest BCUT2D eigenvalue weighted by atomic mass is 9.88. The van der Waals surface area contributed by atoms with E-state index >= 15 is 0 Å². The Kier molecular flexibility index (Phi) is 5.97. The number of rotatable bonds is 6. The third-order valence-corrected chi connectivity index (χ3v) is 8.39. The molecule has 1 unspecified atom stereocenters. The van der Waals surface area contributed by atoms with E-state index in [-0.39, 0.29) is 18.4 Å². The van der Waals surface area contributed by atoms with Gasteiger partial charge in [0, 0.05) is 19.5 Å².